The molecule has 0 aliphatic carbocycles. The van der Waals surface area contributed by atoms with E-state index in [1.807, 2.05) is 48.1 Å². The molecular weight excluding hydrogens is 198 g/mol. The van der Waals surface area contributed by atoms with Gasteiger partial charge in [0.25, 0.3) is 0 Å². The van der Waals surface area contributed by atoms with Crippen molar-refractivity contribution < 1.29 is 0 Å². The second-order valence-corrected chi connectivity index (χ2v) is 3.81. The minimum Gasteiger partial charge on any atom is -0.235 e. The van der Waals surface area contributed by atoms with Gasteiger partial charge in [-0.15, -0.1) is 0 Å². The lowest BCUT2D eigenvalue weighted by molar-refractivity contribution is 0.933. The van der Waals surface area contributed by atoms with E-state index in [2.05, 4.69) is 22.2 Å². The third-order valence-electron chi connectivity index (χ3n) is 2.57. The molecule has 1 aromatic carbocycles. The quantitative estimate of drug-likeness (QED) is 0.616. The van der Waals surface area contributed by atoms with E-state index in [1.165, 1.54) is 0 Å². The zero-order valence-corrected chi connectivity index (χ0v) is 8.96. The molecule has 3 nitrogen and oxygen atoms in total. The first kappa shape index (κ1) is 9.09. The molecule has 0 spiro atoms. The van der Waals surface area contributed by atoms with E-state index in [0.29, 0.717) is 0 Å². The summed E-state index contributed by atoms with van der Waals surface area (Å²) in [6.45, 7) is 2.02. The van der Waals surface area contributed by atoms with Crippen LogP contribution in [0.3, 0.4) is 0 Å². The number of aromatic nitrogens is 3. The third-order valence-corrected chi connectivity index (χ3v) is 2.57. The predicted molar refractivity (Wildman–Crippen MR) is 63.2 cm³/mol. The fourth-order valence-corrected chi connectivity index (χ4v) is 1.78. The summed E-state index contributed by atoms with van der Waals surface area (Å²) < 4.78 is 1.86. The molecule has 0 amide bonds. The van der Waals surface area contributed by atoms with Gasteiger partial charge < -0.3 is 0 Å². The van der Waals surface area contributed by atoms with Crippen molar-refractivity contribution in [2.45, 2.75) is 6.92 Å². The Labute approximate surface area is 93.4 Å². The van der Waals surface area contributed by atoms with Crippen LogP contribution in [0, 0.1) is 6.92 Å². The van der Waals surface area contributed by atoms with Crippen LogP contribution in [0.1, 0.15) is 5.56 Å². The van der Waals surface area contributed by atoms with Gasteiger partial charge in [0.1, 0.15) is 0 Å². The zero-order chi connectivity index (χ0) is 11.0. The summed E-state index contributed by atoms with van der Waals surface area (Å²) in [6.07, 6.45) is 3.71. The Bertz CT molecular complexity index is 626. The van der Waals surface area contributed by atoms with E-state index in [4.69, 9.17) is 0 Å². The van der Waals surface area contributed by atoms with Crippen LogP contribution in [0.25, 0.3) is 16.9 Å². The predicted octanol–water partition coefficient (Wildman–Crippen LogP) is 2.70. The van der Waals surface area contributed by atoms with Crippen LogP contribution < -0.4 is 0 Å². The first-order valence-corrected chi connectivity index (χ1v) is 5.20. The minimum absolute atomic E-state index is 0.888. The van der Waals surface area contributed by atoms with E-state index in [9.17, 15) is 0 Å². The highest BCUT2D eigenvalue weighted by molar-refractivity contribution is 5.62. The lowest BCUT2D eigenvalue weighted by Gasteiger charge is -2.00. The highest BCUT2D eigenvalue weighted by Crippen LogP contribution is 2.19. The molecule has 0 atom stereocenters. The average Bonchev–Trinajstić information content (AvgIpc) is 2.73. The summed E-state index contributed by atoms with van der Waals surface area (Å²) in [7, 11) is 0. The second-order valence-electron chi connectivity index (χ2n) is 3.81. The van der Waals surface area contributed by atoms with Crippen LogP contribution in [-0.4, -0.2) is 14.6 Å². The number of nitrogens with zero attached hydrogens (tertiary/aromatic N) is 3. The summed E-state index contributed by atoms with van der Waals surface area (Å²) in [4.78, 5) is 4.36. The molecule has 2 heterocycles. The summed E-state index contributed by atoms with van der Waals surface area (Å²) in [5, 5.41) is 4.37. The molecule has 0 aliphatic rings. The van der Waals surface area contributed by atoms with Crippen LogP contribution in [0.5, 0.6) is 0 Å². The molecule has 0 radical (unpaired) electrons. The van der Waals surface area contributed by atoms with Gasteiger partial charge in [-0.25, -0.2) is 9.50 Å². The normalized spacial score (nSPS) is 10.8. The number of benzene rings is 1. The molecule has 0 N–H and O–H groups in total. The van der Waals surface area contributed by atoms with Gasteiger partial charge in [-0.3, -0.25) is 0 Å². The fourth-order valence-electron chi connectivity index (χ4n) is 1.78. The van der Waals surface area contributed by atoms with Crippen molar-refractivity contribution in [1.82, 2.24) is 14.6 Å². The molecular formula is C13H11N3. The number of rotatable bonds is 1. The van der Waals surface area contributed by atoms with Crippen molar-refractivity contribution in [3.05, 3.63) is 54.4 Å². The molecule has 78 valence electrons. The van der Waals surface area contributed by atoms with E-state index >= 15 is 0 Å². The molecule has 0 saturated heterocycles. The Balaban J connectivity index is 2.26. The molecule has 0 fully saturated rings. The van der Waals surface area contributed by atoms with E-state index < -0.39 is 0 Å². The molecule has 0 aliphatic heterocycles. The maximum Gasteiger partial charge on any atom is 0.154 e. The number of aryl methyl sites for hydroxylation is 1. The van der Waals surface area contributed by atoms with E-state index in [-0.39, 0.29) is 0 Å². The highest BCUT2D eigenvalue weighted by Gasteiger charge is 2.05. The number of fused-ring (bicyclic) bond motifs is 1. The summed E-state index contributed by atoms with van der Waals surface area (Å²) in [5.41, 5.74) is 4.17. The standard InChI is InChI=1S/C13H11N3/c1-10-7-13-14-9-12(16(13)15-8-10)11-5-3-2-4-6-11/h2-9H,1H3. The number of hydrogen-bond acceptors (Lipinski definition) is 2. The van der Waals surface area contributed by atoms with Crippen molar-refractivity contribution in [2.75, 3.05) is 0 Å². The summed E-state index contributed by atoms with van der Waals surface area (Å²) >= 11 is 0. The Morgan fingerprint density at radius 1 is 1.06 bits per heavy atom. The summed E-state index contributed by atoms with van der Waals surface area (Å²) in [5.74, 6) is 0. The van der Waals surface area contributed by atoms with Gasteiger partial charge in [0.15, 0.2) is 5.65 Å². The van der Waals surface area contributed by atoms with Crippen LogP contribution in [-0.2, 0) is 0 Å². The van der Waals surface area contributed by atoms with E-state index in [0.717, 1.165) is 22.5 Å². The first-order chi connectivity index (χ1) is 7.84. The van der Waals surface area contributed by atoms with Crippen molar-refractivity contribution in [1.29, 1.82) is 0 Å². The number of hydrogen-bond donors (Lipinski definition) is 0. The van der Waals surface area contributed by atoms with Gasteiger partial charge in [0.05, 0.1) is 18.1 Å². The number of imidazole rings is 1. The Hall–Kier alpha value is -2.16. The largest absolute Gasteiger partial charge is 0.235 e. The second kappa shape index (κ2) is 3.45. The average molecular weight is 209 g/mol. The van der Waals surface area contributed by atoms with Gasteiger partial charge in [-0.1, -0.05) is 30.3 Å². The lowest BCUT2D eigenvalue weighted by Crippen LogP contribution is -1.94. The van der Waals surface area contributed by atoms with Crippen molar-refractivity contribution in [2.24, 2.45) is 0 Å². The Kier molecular flexibility index (Phi) is 1.96. The van der Waals surface area contributed by atoms with Crippen molar-refractivity contribution in [3.8, 4) is 11.3 Å². The van der Waals surface area contributed by atoms with Crippen molar-refractivity contribution >= 4 is 5.65 Å². The van der Waals surface area contributed by atoms with Gasteiger partial charge in [0, 0.05) is 5.56 Å². The molecule has 3 aromatic rings. The zero-order valence-electron chi connectivity index (χ0n) is 8.96. The van der Waals surface area contributed by atoms with Gasteiger partial charge in [0.2, 0.25) is 0 Å². The van der Waals surface area contributed by atoms with Gasteiger partial charge in [-0.05, 0) is 18.6 Å². The summed E-state index contributed by atoms with van der Waals surface area (Å²) in [6, 6.07) is 12.2. The SMILES string of the molecule is Cc1cnn2c(-c3ccccc3)cnc2c1. The Morgan fingerprint density at radius 3 is 2.69 bits per heavy atom. The molecule has 0 unspecified atom stereocenters. The lowest BCUT2D eigenvalue weighted by atomic mass is 10.2. The maximum absolute atomic E-state index is 4.37. The molecule has 3 heteroatoms. The molecule has 16 heavy (non-hydrogen) atoms. The van der Waals surface area contributed by atoms with Crippen LogP contribution >= 0.6 is 0 Å². The van der Waals surface area contributed by atoms with Crippen LogP contribution in [0.2, 0.25) is 0 Å². The minimum atomic E-state index is 0.888. The topological polar surface area (TPSA) is 30.2 Å². The van der Waals surface area contributed by atoms with Crippen molar-refractivity contribution in [3.63, 3.8) is 0 Å². The van der Waals surface area contributed by atoms with Crippen LogP contribution in [0.4, 0.5) is 0 Å². The first-order valence-electron chi connectivity index (χ1n) is 5.20. The maximum atomic E-state index is 4.37. The Morgan fingerprint density at radius 2 is 1.88 bits per heavy atom. The monoisotopic (exact) mass is 209 g/mol. The van der Waals surface area contributed by atoms with E-state index in [1.54, 1.807) is 0 Å². The third kappa shape index (κ3) is 1.37. The van der Waals surface area contributed by atoms with Gasteiger partial charge >= 0.3 is 0 Å². The highest BCUT2D eigenvalue weighted by atomic mass is 15.2. The molecule has 3 rings (SSSR count). The van der Waals surface area contributed by atoms with Gasteiger partial charge in [-0.2, -0.15) is 5.10 Å². The fraction of sp³-hybridized carbons (Fsp3) is 0.0769. The molecule has 0 saturated carbocycles. The molecule has 0 bridgehead atoms. The van der Waals surface area contributed by atoms with Crippen LogP contribution in [0.15, 0.2) is 48.8 Å². The smallest absolute Gasteiger partial charge is 0.154 e. The molecule has 2 aromatic heterocycles.